The third kappa shape index (κ3) is 7.18. The van der Waals surface area contributed by atoms with Crippen LogP contribution < -0.4 is 0 Å². The summed E-state index contributed by atoms with van der Waals surface area (Å²) in [5.74, 6) is -0.259. The fourth-order valence-electron chi connectivity index (χ4n) is 3.41. The molecule has 0 saturated heterocycles. The number of carbonyl (C=O) groups is 2. The molecule has 0 aliphatic carbocycles. The molecule has 1 aromatic heterocycles. The summed E-state index contributed by atoms with van der Waals surface area (Å²) in [6, 6.07) is 8.16. The molecule has 1 heterocycles. The van der Waals surface area contributed by atoms with E-state index in [0.29, 0.717) is 11.3 Å². The molecule has 0 bridgehead atoms. The first-order chi connectivity index (χ1) is 16.4. The topological polar surface area (TPSA) is 101 Å². The van der Waals surface area contributed by atoms with Crippen LogP contribution in [0.3, 0.4) is 0 Å². The number of aliphatic imine (C=N–C) groups is 1. The fourth-order valence-corrected chi connectivity index (χ4v) is 3.41. The zero-order chi connectivity index (χ0) is 26.3. The number of nitrogens with zero attached hydrogens (tertiary/aromatic N) is 3. The van der Waals surface area contributed by atoms with E-state index in [-0.39, 0.29) is 5.41 Å². The van der Waals surface area contributed by atoms with Gasteiger partial charge in [-0.1, -0.05) is 45.0 Å². The lowest BCUT2D eigenvalue weighted by atomic mass is 9.86. The molecule has 0 fully saturated rings. The molecule has 9 heteroatoms. The standard InChI is InChI=1S/C26H35N3O6/c1-16-17(2)28-29(8)23(16)24(34-18(3)35-25(31)33-15-22(30)32-9)21(14-27-7)19-10-12-20(13-11-19)26(4,5)6/h10-14,18H,15H2,1-9H3/b24-21-,27-14-. The van der Waals surface area contributed by atoms with Crippen molar-refractivity contribution < 1.29 is 28.5 Å². The first kappa shape index (κ1) is 27.6. The van der Waals surface area contributed by atoms with Crippen LogP contribution >= 0.6 is 0 Å². The minimum atomic E-state index is -1.06. The van der Waals surface area contributed by atoms with E-state index in [1.165, 1.54) is 12.7 Å². The summed E-state index contributed by atoms with van der Waals surface area (Å²) >= 11 is 0. The van der Waals surface area contributed by atoms with Crippen molar-refractivity contribution in [2.45, 2.75) is 53.2 Å². The number of aryl methyl sites for hydroxylation is 2. The molecule has 9 nitrogen and oxygen atoms in total. The maximum atomic E-state index is 12.0. The van der Waals surface area contributed by atoms with Gasteiger partial charge in [0.25, 0.3) is 0 Å². The monoisotopic (exact) mass is 485 g/mol. The van der Waals surface area contributed by atoms with E-state index in [1.807, 2.05) is 33.0 Å². The van der Waals surface area contributed by atoms with Crippen LogP contribution in [0.15, 0.2) is 29.3 Å². The normalized spacial score (nSPS) is 13.3. The maximum absolute atomic E-state index is 12.0. The van der Waals surface area contributed by atoms with Crippen LogP contribution in [0.5, 0.6) is 0 Å². The highest BCUT2D eigenvalue weighted by Crippen LogP contribution is 2.32. The minimum absolute atomic E-state index is 0.00321. The minimum Gasteiger partial charge on any atom is -0.466 e. The third-order valence-corrected chi connectivity index (χ3v) is 5.38. The van der Waals surface area contributed by atoms with Crippen LogP contribution in [0, 0.1) is 13.8 Å². The van der Waals surface area contributed by atoms with E-state index in [0.717, 1.165) is 22.5 Å². The summed E-state index contributed by atoms with van der Waals surface area (Å²) in [5.41, 5.74) is 5.23. The number of hydrogen-bond donors (Lipinski definition) is 0. The van der Waals surface area contributed by atoms with Gasteiger partial charge in [-0.2, -0.15) is 5.10 Å². The van der Waals surface area contributed by atoms with Crippen LogP contribution in [0.1, 0.15) is 55.8 Å². The Hall–Kier alpha value is -3.62. The Kier molecular flexibility index (Phi) is 9.22. The average Bonchev–Trinajstić information content (AvgIpc) is 3.05. The van der Waals surface area contributed by atoms with Crippen molar-refractivity contribution in [3.8, 4) is 0 Å². The number of ether oxygens (including phenoxy) is 4. The van der Waals surface area contributed by atoms with Crippen molar-refractivity contribution in [3.05, 3.63) is 52.3 Å². The van der Waals surface area contributed by atoms with Crippen molar-refractivity contribution >= 4 is 29.7 Å². The molecule has 190 valence electrons. The Balaban J connectivity index is 2.53. The van der Waals surface area contributed by atoms with Gasteiger partial charge >= 0.3 is 12.1 Å². The van der Waals surface area contributed by atoms with Crippen molar-refractivity contribution in [1.82, 2.24) is 9.78 Å². The van der Waals surface area contributed by atoms with Crippen LogP contribution in [-0.2, 0) is 36.2 Å². The van der Waals surface area contributed by atoms with E-state index < -0.39 is 25.0 Å². The predicted octanol–water partition coefficient (Wildman–Crippen LogP) is 4.59. The molecule has 1 unspecified atom stereocenters. The lowest BCUT2D eigenvalue weighted by molar-refractivity contribution is -0.146. The fraction of sp³-hybridized carbons (Fsp3) is 0.462. The Labute approximate surface area is 206 Å². The smallest absolute Gasteiger partial charge is 0.466 e. The van der Waals surface area contributed by atoms with E-state index in [1.54, 1.807) is 24.9 Å². The van der Waals surface area contributed by atoms with Gasteiger partial charge in [0.15, 0.2) is 12.4 Å². The van der Waals surface area contributed by atoms with Gasteiger partial charge in [0.05, 0.1) is 12.8 Å². The van der Waals surface area contributed by atoms with E-state index >= 15 is 0 Å². The summed E-state index contributed by atoms with van der Waals surface area (Å²) < 4.78 is 22.3. The Morgan fingerprint density at radius 3 is 2.26 bits per heavy atom. The second-order valence-corrected chi connectivity index (χ2v) is 9.06. The predicted molar refractivity (Wildman–Crippen MR) is 134 cm³/mol. The molecule has 0 radical (unpaired) electrons. The van der Waals surface area contributed by atoms with Crippen LogP contribution in [0.25, 0.3) is 11.3 Å². The number of aromatic nitrogens is 2. The Morgan fingerprint density at radius 1 is 1.14 bits per heavy atom. The highest BCUT2D eigenvalue weighted by Gasteiger charge is 2.24. The van der Waals surface area contributed by atoms with Gasteiger partial charge in [-0.15, -0.1) is 0 Å². The highest BCUT2D eigenvalue weighted by molar-refractivity contribution is 6.18. The first-order valence-electron chi connectivity index (χ1n) is 11.2. The van der Waals surface area contributed by atoms with Gasteiger partial charge in [-0.3, -0.25) is 9.67 Å². The molecule has 2 rings (SSSR count). The molecule has 1 atom stereocenters. The number of carbonyl (C=O) groups excluding carboxylic acids is 2. The molecule has 2 aromatic rings. The molecule has 35 heavy (non-hydrogen) atoms. The van der Waals surface area contributed by atoms with Gasteiger partial charge in [0.1, 0.15) is 5.69 Å². The highest BCUT2D eigenvalue weighted by atomic mass is 16.8. The van der Waals surface area contributed by atoms with Crippen molar-refractivity contribution in [2.24, 2.45) is 12.0 Å². The molecule has 0 aliphatic heterocycles. The molecule has 1 aromatic carbocycles. The summed E-state index contributed by atoms with van der Waals surface area (Å²) in [6.07, 6.45) is -0.398. The molecule has 0 spiro atoms. The molecular weight excluding hydrogens is 450 g/mol. The molecule has 0 saturated carbocycles. The molecular formula is C26H35N3O6. The number of allylic oxidation sites excluding steroid dienone is 1. The molecule has 0 aliphatic rings. The van der Waals surface area contributed by atoms with Gasteiger partial charge < -0.3 is 18.9 Å². The molecule has 0 N–H and O–H groups in total. The quantitative estimate of drug-likeness (QED) is 0.233. The second kappa shape index (κ2) is 11.7. The average molecular weight is 486 g/mol. The lowest BCUT2D eigenvalue weighted by Gasteiger charge is -2.22. The second-order valence-electron chi connectivity index (χ2n) is 9.06. The zero-order valence-corrected chi connectivity index (χ0v) is 22.0. The number of methoxy groups -OCH3 is 1. The number of esters is 1. The summed E-state index contributed by atoms with van der Waals surface area (Å²) in [4.78, 5) is 27.5. The van der Waals surface area contributed by atoms with Crippen LogP contribution in [0.4, 0.5) is 4.79 Å². The SMILES string of the molecule is C/N=C\C(=C(\OC(C)OC(=O)OCC(=O)OC)c1c(C)c(C)nn1C)c1ccc(C(C)(C)C)cc1. The largest absolute Gasteiger partial charge is 0.511 e. The van der Waals surface area contributed by atoms with Crippen molar-refractivity contribution in [1.29, 1.82) is 0 Å². The summed E-state index contributed by atoms with van der Waals surface area (Å²) in [5, 5.41) is 4.51. The van der Waals surface area contributed by atoms with Gasteiger partial charge in [-0.05, 0) is 30.4 Å². The number of hydrogen-bond acceptors (Lipinski definition) is 8. The van der Waals surface area contributed by atoms with E-state index in [9.17, 15) is 9.59 Å². The number of benzene rings is 1. The Morgan fingerprint density at radius 2 is 1.77 bits per heavy atom. The van der Waals surface area contributed by atoms with E-state index in [4.69, 9.17) is 14.2 Å². The maximum Gasteiger partial charge on any atom is 0.511 e. The molecule has 0 amide bonds. The summed E-state index contributed by atoms with van der Waals surface area (Å²) in [6.45, 7) is 11.3. The number of rotatable bonds is 8. The van der Waals surface area contributed by atoms with Gasteiger partial charge in [-0.25, -0.2) is 9.59 Å². The van der Waals surface area contributed by atoms with Gasteiger partial charge in [0.2, 0.25) is 6.29 Å². The third-order valence-electron chi connectivity index (χ3n) is 5.38. The van der Waals surface area contributed by atoms with E-state index in [2.05, 4.69) is 47.7 Å². The van der Waals surface area contributed by atoms with Gasteiger partial charge in [0, 0.05) is 38.4 Å². The van der Waals surface area contributed by atoms with Crippen molar-refractivity contribution in [2.75, 3.05) is 20.8 Å². The van der Waals surface area contributed by atoms with Crippen LogP contribution in [0.2, 0.25) is 0 Å². The summed E-state index contributed by atoms with van der Waals surface area (Å²) in [7, 11) is 4.69. The first-order valence-corrected chi connectivity index (χ1v) is 11.2. The van der Waals surface area contributed by atoms with Crippen molar-refractivity contribution in [3.63, 3.8) is 0 Å². The Bertz CT molecular complexity index is 1110. The zero-order valence-electron chi connectivity index (χ0n) is 22.0. The lowest BCUT2D eigenvalue weighted by Crippen LogP contribution is -2.22. The van der Waals surface area contributed by atoms with Crippen LogP contribution in [-0.4, -0.2) is 55.2 Å².